The van der Waals surface area contributed by atoms with Gasteiger partial charge in [-0.3, -0.25) is 9.59 Å². The van der Waals surface area contributed by atoms with Crippen LogP contribution in [0.1, 0.15) is 23.2 Å². The zero-order chi connectivity index (χ0) is 16.4. The number of carbonyl (C=O) groups is 1. The van der Waals surface area contributed by atoms with E-state index in [1.165, 1.54) is 30.0 Å². The Morgan fingerprint density at radius 3 is 2.70 bits per heavy atom. The van der Waals surface area contributed by atoms with Crippen molar-refractivity contribution in [1.29, 1.82) is 0 Å². The van der Waals surface area contributed by atoms with E-state index in [9.17, 15) is 14.0 Å². The van der Waals surface area contributed by atoms with E-state index in [1.54, 1.807) is 16.7 Å². The van der Waals surface area contributed by atoms with Gasteiger partial charge >= 0.3 is 5.97 Å². The van der Waals surface area contributed by atoms with Crippen LogP contribution in [0, 0.1) is 5.82 Å². The fourth-order valence-electron chi connectivity index (χ4n) is 2.87. The van der Waals surface area contributed by atoms with Crippen LogP contribution in [0.25, 0.3) is 0 Å². The summed E-state index contributed by atoms with van der Waals surface area (Å²) in [7, 11) is 0. The molecule has 23 heavy (non-hydrogen) atoms. The summed E-state index contributed by atoms with van der Waals surface area (Å²) in [6.07, 6.45) is 2.34. The zero-order valence-electron chi connectivity index (χ0n) is 12.4. The van der Waals surface area contributed by atoms with E-state index in [0.717, 1.165) is 36.1 Å². The van der Waals surface area contributed by atoms with E-state index in [-0.39, 0.29) is 17.8 Å². The largest absolute Gasteiger partial charge is 0.480 e. The van der Waals surface area contributed by atoms with Crippen LogP contribution in [0.2, 0.25) is 0 Å². The number of halogens is 1. The molecule has 1 aromatic heterocycles. The molecular formula is C17H16FNO3S. The van der Waals surface area contributed by atoms with Gasteiger partial charge in [0.25, 0.3) is 0 Å². The van der Waals surface area contributed by atoms with Crippen molar-refractivity contribution < 1.29 is 14.3 Å². The fraction of sp³-hybridized carbons (Fsp3) is 0.294. The fourth-order valence-corrected chi connectivity index (χ4v) is 3.90. The lowest BCUT2D eigenvalue weighted by Gasteiger charge is -2.16. The highest BCUT2D eigenvalue weighted by atomic mass is 32.2. The number of carboxylic acid groups (broad SMARTS) is 1. The molecule has 0 unspecified atom stereocenters. The van der Waals surface area contributed by atoms with Crippen LogP contribution in [0.3, 0.4) is 0 Å². The predicted molar refractivity (Wildman–Crippen MR) is 86.3 cm³/mol. The molecule has 120 valence electrons. The van der Waals surface area contributed by atoms with Crippen molar-refractivity contribution in [3.8, 4) is 0 Å². The summed E-state index contributed by atoms with van der Waals surface area (Å²) in [6.45, 7) is -0.144. The van der Waals surface area contributed by atoms with Gasteiger partial charge < -0.3 is 9.67 Å². The topological polar surface area (TPSA) is 59.3 Å². The Labute approximate surface area is 137 Å². The number of pyridine rings is 1. The molecule has 0 amide bonds. The maximum absolute atomic E-state index is 12.9. The monoisotopic (exact) mass is 333 g/mol. The van der Waals surface area contributed by atoms with Crippen LogP contribution in [-0.4, -0.2) is 15.6 Å². The molecule has 4 nitrogen and oxygen atoms in total. The summed E-state index contributed by atoms with van der Waals surface area (Å²) < 4.78 is 14.7. The first-order valence-corrected chi connectivity index (χ1v) is 8.38. The second-order valence-corrected chi connectivity index (χ2v) is 6.52. The lowest BCUT2D eigenvalue weighted by molar-refractivity contribution is -0.137. The van der Waals surface area contributed by atoms with Crippen LogP contribution in [0.4, 0.5) is 4.39 Å². The molecule has 1 aromatic carbocycles. The third kappa shape index (κ3) is 3.47. The second-order valence-electron chi connectivity index (χ2n) is 5.52. The molecule has 0 fully saturated rings. The average molecular weight is 333 g/mol. The maximum atomic E-state index is 12.9. The van der Waals surface area contributed by atoms with Crippen molar-refractivity contribution in [3.63, 3.8) is 0 Å². The molecule has 1 aliphatic carbocycles. The molecule has 1 heterocycles. The number of rotatable bonds is 5. The van der Waals surface area contributed by atoms with Gasteiger partial charge in [-0.1, -0.05) is 12.1 Å². The van der Waals surface area contributed by atoms with Crippen LogP contribution in [-0.2, 0) is 29.9 Å². The van der Waals surface area contributed by atoms with E-state index in [2.05, 4.69) is 0 Å². The average Bonchev–Trinajstić information content (AvgIpc) is 3.00. The summed E-state index contributed by atoms with van der Waals surface area (Å²) in [4.78, 5) is 23.4. The summed E-state index contributed by atoms with van der Waals surface area (Å²) in [5.74, 6) is -0.663. The highest BCUT2D eigenvalue weighted by Crippen LogP contribution is 2.27. The Morgan fingerprint density at radius 1 is 1.26 bits per heavy atom. The van der Waals surface area contributed by atoms with Gasteiger partial charge in [0.05, 0.1) is 5.03 Å². The molecule has 1 aliphatic rings. The van der Waals surface area contributed by atoms with Gasteiger partial charge in [0.2, 0.25) is 0 Å². The van der Waals surface area contributed by atoms with Crippen molar-refractivity contribution in [1.82, 2.24) is 4.57 Å². The number of benzene rings is 1. The predicted octanol–water partition coefficient (Wildman–Crippen LogP) is 2.85. The number of hydrogen-bond donors (Lipinski definition) is 1. The lowest BCUT2D eigenvalue weighted by atomic mass is 10.2. The van der Waals surface area contributed by atoms with Crippen LogP contribution < -0.4 is 5.43 Å². The Balaban J connectivity index is 1.91. The SMILES string of the molecule is O=C(O)Cn1c(SCc2ccc(F)cc2)cc(=O)c2c1CCC2. The quantitative estimate of drug-likeness (QED) is 0.855. The standard InChI is InChI=1S/C17H16FNO3S/c18-12-6-4-11(5-7-12)10-23-16-8-15(20)13-2-1-3-14(13)19(16)9-17(21)22/h4-8H,1-3,9-10H2,(H,21,22). The highest BCUT2D eigenvalue weighted by molar-refractivity contribution is 7.98. The van der Waals surface area contributed by atoms with Crippen molar-refractivity contribution in [3.05, 3.63) is 63.2 Å². The lowest BCUT2D eigenvalue weighted by Crippen LogP contribution is -2.20. The molecule has 0 saturated heterocycles. The van der Waals surface area contributed by atoms with E-state index in [1.807, 2.05) is 0 Å². The minimum Gasteiger partial charge on any atom is -0.480 e. The van der Waals surface area contributed by atoms with Gasteiger partial charge in [-0.05, 0) is 37.0 Å². The molecular weight excluding hydrogens is 317 g/mol. The maximum Gasteiger partial charge on any atom is 0.323 e. The Hall–Kier alpha value is -2.08. The minimum atomic E-state index is -0.925. The van der Waals surface area contributed by atoms with Crippen LogP contribution >= 0.6 is 11.8 Å². The molecule has 0 atom stereocenters. The van der Waals surface area contributed by atoms with Crippen molar-refractivity contribution in [2.24, 2.45) is 0 Å². The number of aliphatic carboxylic acids is 1. The third-order valence-corrected chi connectivity index (χ3v) is 5.04. The Bertz CT molecular complexity index is 799. The smallest absolute Gasteiger partial charge is 0.323 e. The molecule has 0 bridgehead atoms. The van der Waals surface area contributed by atoms with Crippen molar-refractivity contribution in [2.75, 3.05) is 0 Å². The highest BCUT2D eigenvalue weighted by Gasteiger charge is 2.21. The molecule has 6 heteroatoms. The second kappa shape index (κ2) is 6.58. The van der Waals surface area contributed by atoms with E-state index in [0.29, 0.717) is 10.8 Å². The zero-order valence-corrected chi connectivity index (χ0v) is 13.2. The van der Waals surface area contributed by atoms with Gasteiger partial charge in [0, 0.05) is 23.1 Å². The van der Waals surface area contributed by atoms with Gasteiger partial charge in [0.15, 0.2) is 5.43 Å². The Kier molecular flexibility index (Phi) is 4.52. The molecule has 0 spiro atoms. The first kappa shape index (κ1) is 15.8. The van der Waals surface area contributed by atoms with Gasteiger partial charge in [0.1, 0.15) is 12.4 Å². The number of hydrogen-bond acceptors (Lipinski definition) is 3. The summed E-state index contributed by atoms with van der Waals surface area (Å²) in [6, 6.07) is 7.69. The molecule has 1 N–H and O–H groups in total. The number of fused-ring (bicyclic) bond motifs is 1. The molecule has 0 radical (unpaired) electrons. The molecule has 3 rings (SSSR count). The first-order valence-electron chi connectivity index (χ1n) is 7.39. The van der Waals surface area contributed by atoms with E-state index >= 15 is 0 Å². The molecule has 0 aliphatic heterocycles. The summed E-state index contributed by atoms with van der Waals surface area (Å²) in [5, 5.41) is 9.81. The van der Waals surface area contributed by atoms with Gasteiger partial charge in [-0.25, -0.2) is 4.39 Å². The normalized spacial score (nSPS) is 13.1. The van der Waals surface area contributed by atoms with E-state index in [4.69, 9.17) is 5.11 Å². The third-order valence-electron chi connectivity index (χ3n) is 3.93. The number of aromatic nitrogens is 1. The number of carboxylic acids is 1. The van der Waals surface area contributed by atoms with Crippen molar-refractivity contribution in [2.45, 2.75) is 36.6 Å². The number of thioether (sulfide) groups is 1. The van der Waals surface area contributed by atoms with E-state index < -0.39 is 5.97 Å². The minimum absolute atomic E-state index is 0.0132. The van der Waals surface area contributed by atoms with Gasteiger partial charge in [-0.2, -0.15) is 0 Å². The van der Waals surface area contributed by atoms with Crippen LogP contribution in [0.15, 0.2) is 40.2 Å². The molecule has 0 saturated carbocycles. The summed E-state index contributed by atoms with van der Waals surface area (Å²) in [5.41, 5.74) is 2.51. The van der Waals surface area contributed by atoms with Crippen LogP contribution in [0.5, 0.6) is 0 Å². The molecule has 2 aromatic rings. The summed E-state index contributed by atoms with van der Waals surface area (Å²) >= 11 is 1.41. The number of nitrogens with zero attached hydrogens (tertiary/aromatic N) is 1. The Morgan fingerprint density at radius 2 is 2.00 bits per heavy atom. The van der Waals surface area contributed by atoms with Gasteiger partial charge in [-0.15, -0.1) is 11.8 Å². The van der Waals surface area contributed by atoms with Crippen molar-refractivity contribution >= 4 is 17.7 Å². The first-order chi connectivity index (χ1) is 11.0.